The van der Waals surface area contributed by atoms with Crippen molar-refractivity contribution in [1.82, 2.24) is 9.80 Å². The number of nitrogens with zero attached hydrogens (tertiary/aromatic N) is 2. The van der Waals surface area contributed by atoms with E-state index in [9.17, 15) is 0 Å². The molecule has 0 saturated carbocycles. The van der Waals surface area contributed by atoms with Gasteiger partial charge in [0.05, 0.1) is 0 Å². The van der Waals surface area contributed by atoms with Gasteiger partial charge in [-0.05, 0) is 90.5 Å². The lowest BCUT2D eigenvalue weighted by atomic mass is 9.85. The Balaban J connectivity index is 1.58. The van der Waals surface area contributed by atoms with E-state index in [0.29, 0.717) is 0 Å². The van der Waals surface area contributed by atoms with Crippen LogP contribution in [0.1, 0.15) is 65.7 Å². The highest BCUT2D eigenvalue weighted by atomic mass is 15.1. The van der Waals surface area contributed by atoms with Crippen molar-refractivity contribution < 1.29 is 0 Å². The molecule has 0 amide bonds. The summed E-state index contributed by atoms with van der Waals surface area (Å²) in [7, 11) is 0. The Labute approximate surface area is 126 Å². The van der Waals surface area contributed by atoms with Gasteiger partial charge in [0.2, 0.25) is 0 Å². The first-order chi connectivity index (χ1) is 9.69. The molecule has 0 unspecified atom stereocenters. The highest BCUT2D eigenvalue weighted by Gasteiger charge is 2.23. The Morgan fingerprint density at radius 2 is 1.35 bits per heavy atom. The smallest absolute Gasteiger partial charge is 0.00385 e. The molecule has 2 heterocycles. The summed E-state index contributed by atoms with van der Waals surface area (Å²) in [4.78, 5) is 5.32. The van der Waals surface area contributed by atoms with Crippen LogP contribution in [-0.4, -0.2) is 48.6 Å². The average molecular weight is 280 g/mol. The molecule has 0 aromatic rings. The molecule has 0 bridgehead atoms. The Morgan fingerprint density at radius 1 is 0.850 bits per heavy atom. The predicted molar refractivity (Wildman–Crippen MR) is 88.1 cm³/mol. The molecule has 0 aromatic heterocycles. The molecule has 118 valence electrons. The molecule has 2 rings (SSSR count). The molecule has 2 nitrogen and oxygen atoms in total. The van der Waals surface area contributed by atoms with E-state index in [1.165, 1.54) is 77.7 Å². The summed E-state index contributed by atoms with van der Waals surface area (Å²) < 4.78 is 0. The van der Waals surface area contributed by atoms with E-state index >= 15 is 0 Å². The molecule has 20 heavy (non-hydrogen) atoms. The fourth-order valence-electron chi connectivity index (χ4n) is 4.04. The number of rotatable bonds is 6. The third-order valence-electron chi connectivity index (χ3n) is 5.61. The largest absolute Gasteiger partial charge is 0.303 e. The second-order valence-electron chi connectivity index (χ2n) is 7.44. The van der Waals surface area contributed by atoms with Crippen molar-refractivity contribution in [3.8, 4) is 0 Å². The van der Waals surface area contributed by atoms with Crippen LogP contribution in [0.5, 0.6) is 0 Å². The topological polar surface area (TPSA) is 6.48 Å². The van der Waals surface area contributed by atoms with Crippen molar-refractivity contribution in [3.05, 3.63) is 0 Å². The van der Waals surface area contributed by atoms with E-state index in [4.69, 9.17) is 0 Å². The summed E-state index contributed by atoms with van der Waals surface area (Å²) >= 11 is 0. The zero-order valence-corrected chi connectivity index (χ0v) is 14.1. The minimum Gasteiger partial charge on any atom is -0.303 e. The standard InChI is InChI=1S/C18H36N2/c1-4-11-19-12-7-17(8-13-19)5-6-18-9-14-20(15-10-18)16(2)3/h16-18H,4-15H2,1-3H3. The van der Waals surface area contributed by atoms with Crippen LogP contribution >= 0.6 is 0 Å². The fourth-order valence-corrected chi connectivity index (χ4v) is 4.04. The summed E-state index contributed by atoms with van der Waals surface area (Å²) in [5.41, 5.74) is 0. The van der Waals surface area contributed by atoms with Gasteiger partial charge < -0.3 is 9.80 Å². The lowest BCUT2D eigenvalue weighted by Crippen LogP contribution is -2.38. The molecule has 0 N–H and O–H groups in total. The van der Waals surface area contributed by atoms with Gasteiger partial charge >= 0.3 is 0 Å². The normalized spacial score (nSPS) is 24.6. The monoisotopic (exact) mass is 280 g/mol. The van der Waals surface area contributed by atoms with Gasteiger partial charge in [-0.25, -0.2) is 0 Å². The van der Waals surface area contributed by atoms with Crippen LogP contribution in [0.15, 0.2) is 0 Å². The maximum atomic E-state index is 2.66. The van der Waals surface area contributed by atoms with E-state index in [1.807, 2.05) is 0 Å². The van der Waals surface area contributed by atoms with E-state index in [-0.39, 0.29) is 0 Å². The highest BCUT2D eigenvalue weighted by molar-refractivity contribution is 4.77. The maximum absolute atomic E-state index is 2.66. The second-order valence-corrected chi connectivity index (χ2v) is 7.44. The third kappa shape index (κ3) is 5.04. The van der Waals surface area contributed by atoms with E-state index in [0.717, 1.165) is 17.9 Å². The van der Waals surface area contributed by atoms with Crippen LogP contribution < -0.4 is 0 Å². The van der Waals surface area contributed by atoms with Crippen LogP contribution in [0.4, 0.5) is 0 Å². The van der Waals surface area contributed by atoms with Crippen molar-refractivity contribution in [2.45, 2.75) is 71.8 Å². The molecule has 0 atom stereocenters. The maximum Gasteiger partial charge on any atom is 0.00385 e. The summed E-state index contributed by atoms with van der Waals surface area (Å²) in [5, 5.41) is 0. The molecular weight excluding hydrogens is 244 g/mol. The van der Waals surface area contributed by atoms with Crippen molar-refractivity contribution >= 4 is 0 Å². The molecular formula is C18H36N2. The Hall–Kier alpha value is -0.0800. The summed E-state index contributed by atoms with van der Waals surface area (Å²) in [6.07, 6.45) is 10.2. The molecule has 0 spiro atoms. The molecule has 0 radical (unpaired) electrons. The van der Waals surface area contributed by atoms with Gasteiger partial charge in [0.25, 0.3) is 0 Å². The third-order valence-corrected chi connectivity index (χ3v) is 5.61. The van der Waals surface area contributed by atoms with Crippen LogP contribution in [0.3, 0.4) is 0 Å². The molecule has 2 aliphatic rings. The minimum absolute atomic E-state index is 0.749. The zero-order valence-electron chi connectivity index (χ0n) is 14.1. The van der Waals surface area contributed by atoms with Gasteiger partial charge in [-0.1, -0.05) is 19.8 Å². The quantitative estimate of drug-likeness (QED) is 0.725. The van der Waals surface area contributed by atoms with Gasteiger partial charge in [0.15, 0.2) is 0 Å². The molecule has 0 aliphatic carbocycles. The van der Waals surface area contributed by atoms with Crippen molar-refractivity contribution in [2.75, 3.05) is 32.7 Å². The zero-order chi connectivity index (χ0) is 14.4. The summed E-state index contributed by atoms with van der Waals surface area (Å²) in [6.45, 7) is 13.7. The number of hydrogen-bond acceptors (Lipinski definition) is 2. The molecule has 2 fully saturated rings. The van der Waals surface area contributed by atoms with Crippen molar-refractivity contribution in [1.29, 1.82) is 0 Å². The molecule has 0 aromatic carbocycles. The lowest BCUT2D eigenvalue weighted by molar-refractivity contribution is 0.133. The van der Waals surface area contributed by atoms with Gasteiger partial charge in [-0.15, -0.1) is 0 Å². The van der Waals surface area contributed by atoms with Crippen LogP contribution in [0.25, 0.3) is 0 Å². The minimum atomic E-state index is 0.749. The van der Waals surface area contributed by atoms with Crippen LogP contribution in [0.2, 0.25) is 0 Å². The SMILES string of the molecule is CCCN1CCC(CCC2CCN(C(C)C)CC2)CC1. The average Bonchev–Trinajstić information content (AvgIpc) is 2.47. The first kappa shape index (κ1) is 16.3. The highest BCUT2D eigenvalue weighted by Crippen LogP contribution is 2.28. The Bertz CT molecular complexity index is 248. The Kier molecular flexibility index (Phi) is 6.83. The van der Waals surface area contributed by atoms with Gasteiger partial charge in [0, 0.05) is 6.04 Å². The predicted octanol–water partition coefficient (Wildman–Crippen LogP) is 4.01. The second kappa shape index (κ2) is 8.38. The van der Waals surface area contributed by atoms with Gasteiger partial charge in [0.1, 0.15) is 0 Å². The van der Waals surface area contributed by atoms with Crippen LogP contribution in [0, 0.1) is 11.8 Å². The first-order valence-corrected chi connectivity index (χ1v) is 9.15. The lowest BCUT2D eigenvalue weighted by Gasteiger charge is -2.36. The van der Waals surface area contributed by atoms with Crippen molar-refractivity contribution in [2.24, 2.45) is 11.8 Å². The van der Waals surface area contributed by atoms with Crippen molar-refractivity contribution in [3.63, 3.8) is 0 Å². The summed E-state index contributed by atoms with van der Waals surface area (Å²) in [6, 6.07) is 0.749. The van der Waals surface area contributed by atoms with Gasteiger partial charge in [-0.3, -0.25) is 0 Å². The van der Waals surface area contributed by atoms with E-state index < -0.39 is 0 Å². The first-order valence-electron chi connectivity index (χ1n) is 9.15. The number of hydrogen-bond donors (Lipinski definition) is 0. The van der Waals surface area contributed by atoms with E-state index in [2.05, 4.69) is 30.6 Å². The Morgan fingerprint density at radius 3 is 1.80 bits per heavy atom. The molecule has 2 heteroatoms. The van der Waals surface area contributed by atoms with Crippen LogP contribution in [-0.2, 0) is 0 Å². The number of likely N-dealkylation sites (tertiary alicyclic amines) is 2. The molecule has 2 saturated heterocycles. The number of piperidine rings is 2. The molecule has 2 aliphatic heterocycles. The van der Waals surface area contributed by atoms with Gasteiger partial charge in [-0.2, -0.15) is 0 Å². The summed E-state index contributed by atoms with van der Waals surface area (Å²) in [5.74, 6) is 2.06. The fraction of sp³-hybridized carbons (Fsp3) is 1.00. The van der Waals surface area contributed by atoms with E-state index in [1.54, 1.807) is 0 Å².